The normalized spacial score (nSPS) is 14.6. The molecule has 0 aliphatic carbocycles. The molecule has 0 aliphatic heterocycles. The molecule has 0 amide bonds. The second-order valence-corrected chi connectivity index (χ2v) is 4.15. The molecule has 2 aromatic heterocycles. The summed E-state index contributed by atoms with van der Waals surface area (Å²) in [5.41, 5.74) is 0. The molecule has 2 unspecified atom stereocenters. The average Bonchev–Trinajstić information content (AvgIpc) is 3.04. The summed E-state index contributed by atoms with van der Waals surface area (Å²) in [6, 6.07) is 0.332. The lowest BCUT2D eigenvalue weighted by atomic mass is 9.99. The number of nitrogens with zero attached hydrogens (tertiary/aromatic N) is 4. The molecule has 18 heavy (non-hydrogen) atoms. The van der Waals surface area contributed by atoms with Gasteiger partial charge in [-0.05, 0) is 13.0 Å². The number of rotatable bonds is 6. The minimum Gasteiger partial charge on any atom is -0.339 e. The van der Waals surface area contributed by atoms with Crippen LogP contribution in [0.1, 0.15) is 39.0 Å². The average molecular weight is 250 g/mol. The van der Waals surface area contributed by atoms with E-state index in [1.165, 1.54) is 6.33 Å². The van der Waals surface area contributed by atoms with Crippen LogP contribution >= 0.6 is 0 Å². The Kier molecular flexibility index (Phi) is 4.03. The van der Waals surface area contributed by atoms with E-state index in [1.807, 2.05) is 0 Å². The highest BCUT2D eigenvalue weighted by Crippen LogP contribution is 2.21. The van der Waals surface area contributed by atoms with E-state index in [-0.39, 0.29) is 5.92 Å². The molecular formula is C11H18N6O. The van der Waals surface area contributed by atoms with Gasteiger partial charge in [-0.3, -0.25) is 5.10 Å². The van der Waals surface area contributed by atoms with Crippen molar-refractivity contribution in [3.05, 3.63) is 12.2 Å². The van der Waals surface area contributed by atoms with Crippen LogP contribution in [0.4, 0.5) is 0 Å². The minimum atomic E-state index is 0.166. The van der Waals surface area contributed by atoms with Crippen LogP contribution in [0.3, 0.4) is 0 Å². The summed E-state index contributed by atoms with van der Waals surface area (Å²) in [5, 5.41) is 13.8. The Morgan fingerprint density at radius 2 is 2.28 bits per heavy atom. The van der Waals surface area contributed by atoms with E-state index >= 15 is 0 Å². The van der Waals surface area contributed by atoms with Crippen LogP contribution in [0, 0.1) is 0 Å². The second kappa shape index (κ2) is 5.72. The second-order valence-electron chi connectivity index (χ2n) is 4.15. The quantitative estimate of drug-likeness (QED) is 0.803. The fourth-order valence-corrected chi connectivity index (χ4v) is 1.94. The van der Waals surface area contributed by atoms with Gasteiger partial charge in [0.25, 0.3) is 0 Å². The van der Waals surface area contributed by atoms with E-state index in [1.54, 1.807) is 0 Å². The maximum absolute atomic E-state index is 5.29. The lowest BCUT2D eigenvalue weighted by Gasteiger charge is -2.20. The molecular weight excluding hydrogens is 232 g/mol. The van der Waals surface area contributed by atoms with Gasteiger partial charge in [0.15, 0.2) is 5.82 Å². The van der Waals surface area contributed by atoms with Gasteiger partial charge in [0.1, 0.15) is 6.33 Å². The van der Waals surface area contributed by atoms with Crippen molar-refractivity contribution in [3.8, 4) is 11.6 Å². The van der Waals surface area contributed by atoms with Crippen molar-refractivity contribution in [1.29, 1.82) is 0 Å². The van der Waals surface area contributed by atoms with E-state index < -0.39 is 0 Å². The summed E-state index contributed by atoms with van der Waals surface area (Å²) in [6.45, 7) is 7.22. The Bertz CT molecular complexity index is 466. The minimum absolute atomic E-state index is 0.166. The fourth-order valence-electron chi connectivity index (χ4n) is 1.94. The zero-order valence-corrected chi connectivity index (χ0v) is 10.8. The number of aromatic amines is 1. The van der Waals surface area contributed by atoms with Gasteiger partial charge in [-0.1, -0.05) is 25.9 Å². The van der Waals surface area contributed by atoms with Gasteiger partial charge >= 0.3 is 0 Å². The largest absolute Gasteiger partial charge is 0.339 e. The molecule has 0 radical (unpaired) electrons. The Labute approximate surface area is 105 Å². The van der Waals surface area contributed by atoms with Crippen molar-refractivity contribution in [2.45, 2.75) is 39.2 Å². The fraction of sp³-hybridized carbons (Fsp3) is 0.636. The molecule has 2 rings (SSSR count). The number of hydrogen-bond acceptors (Lipinski definition) is 6. The molecule has 2 heterocycles. The summed E-state index contributed by atoms with van der Waals surface area (Å²) >= 11 is 0. The van der Waals surface area contributed by atoms with E-state index in [0.29, 0.717) is 23.6 Å². The first kappa shape index (κ1) is 12.7. The summed E-state index contributed by atoms with van der Waals surface area (Å²) in [7, 11) is 0. The zero-order valence-electron chi connectivity index (χ0n) is 10.8. The highest BCUT2D eigenvalue weighted by molar-refractivity contribution is 5.39. The molecule has 0 aromatic carbocycles. The number of likely N-dealkylation sites (N-methyl/N-ethyl adjacent to an activating group) is 1. The Hall–Kier alpha value is -1.76. The molecule has 0 saturated carbocycles. The van der Waals surface area contributed by atoms with Crippen LogP contribution in [0.15, 0.2) is 10.9 Å². The van der Waals surface area contributed by atoms with E-state index in [2.05, 4.69) is 51.4 Å². The van der Waals surface area contributed by atoms with Crippen molar-refractivity contribution in [1.82, 2.24) is 30.6 Å². The van der Waals surface area contributed by atoms with Crippen molar-refractivity contribution in [2.24, 2.45) is 0 Å². The van der Waals surface area contributed by atoms with Crippen LogP contribution in [0.25, 0.3) is 11.6 Å². The van der Waals surface area contributed by atoms with Crippen molar-refractivity contribution in [2.75, 3.05) is 6.54 Å². The van der Waals surface area contributed by atoms with E-state index in [9.17, 15) is 0 Å². The van der Waals surface area contributed by atoms with Gasteiger partial charge in [-0.2, -0.15) is 10.1 Å². The van der Waals surface area contributed by atoms with Gasteiger partial charge in [0.2, 0.25) is 11.7 Å². The molecule has 2 N–H and O–H groups in total. The third kappa shape index (κ3) is 2.56. The molecule has 2 atom stereocenters. The summed E-state index contributed by atoms with van der Waals surface area (Å²) in [4.78, 5) is 8.35. The SMILES string of the molecule is CCNC(CC)C(C)c1nc(-c2ncn[nH]2)no1. The first-order chi connectivity index (χ1) is 8.76. The van der Waals surface area contributed by atoms with Crippen LogP contribution < -0.4 is 5.32 Å². The molecule has 0 saturated heterocycles. The monoisotopic (exact) mass is 250 g/mol. The molecule has 2 aromatic rings. The molecule has 7 heteroatoms. The Morgan fingerprint density at radius 3 is 2.89 bits per heavy atom. The summed E-state index contributed by atoms with van der Waals surface area (Å²) < 4.78 is 5.29. The van der Waals surface area contributed by atoms with Gasteiger partial charge in [0, 0.05) is 6.04 Å². The van der Waals surface area contributed by atoms with Crippen molar-refractivity contribution in [3.63, 3.8) is 0 Å². The zero-order chi connectivity index (χ0) is 13.0. The highest BCUT2D eigenvalue weighted by Gasteiger charge is 2.23. The first-order valence-corrected chi connectivity index (χ1v) is 6.19. The van der Waals surface area contributed by atoms with Crippen molar-refractivity contribution >= 4 is 0 Å². The highest BCUT2D eigenvalue weighted by atomic mass is 16.5. The molecule has 0 bridgehead atoms. The lowest BCUT2D eigenvalue weighted by molar-refractivity contribution is 0.321. The van der Waals surface area contributed by atoms with Gasteiger partial charge in [-0.25, -0.2) is 4.98 Å². The summed E-state index contributed by atoms with van der Waals surface area (Å²) in [5.74, 6) is 1.75. The van der Waals surface area contributed by atoms with Crippen LogP contribution in [-0.4, -0.2) is 37.9 Å². The van der Waals surface area contributed by atoms with Gasteiger partial charge in [-0.15, -0.1) is 0 Å². The lowest BCUT2D eigenvalue weighted by Crippen LogP contribution is -2.33. The molecule has 7 nitrogen and oxygen atoms in total. The first-order valence-electron chi connectivity index (χ1n) is 6.19. The molecule has 0 spiro atoms. The maximum Gasteiger partial charge on any atom is 0.239 e. The number of aromatic nitrogens is 5. The summed E-state index contributed by atoms with van der Waals surface area (Å²) in [6.07, 6.45) is 2.43. The predicted octanol–water partition coefficient (Wildman–Crippen LogP) is 1.35. The Morgan fingerprint density at radius 1 is 1.44 bits per heavy atom. The number of nitrogens with one attached hydrogen (secondary N) is 2. The van der Waals surface area contributed by atoms with Crippen LogP contribution in [0.5, 0.6) is 0 Å². The molecule has 0 fully saturated rings. The van der Waals surface area contributed by atoms with E-state index in [0.717, 1.165) is 13.0 Å². The van der Waals surface area contributed by atoms with Gasteiger partial charge < -0.3 is 9.84 Å². The standard InChI is InChI=1S/C11H18N6O/c1-4-8(12-5-2)7(3)11-15-10(17-18-11)9-13-6-14-16-9/h6-8,12H,4-5H2,1-3H3,(H,13,14,16). The van der Waals surface area contributed by atoms with E-state index in [4.69, 9.17) is 4.52 Å². The smallest absolute Gasteiger partial charge is 0.239 e. The Balaban J connectivity index is 2.14. The van der Waals surface area contributed by atoms with Crippen LogP contribution in [0.2, 0.25) is 0 Å². The van der Waals surface area contributed by atoms with Crippen LogP contribution in [-0.2, 0) is 0 Å². The predicted molar refractivity (Wildman–Crippen MR) is 65.8 cm³/mol. The molecule has 98 valence electrons. The molecule has 0 aliphatic rings. The van der Waals surface area contributed by atoms with Gasteiger partial charge in [0.05, 0.1) is 5.92 Å². The number of H-pyrrole nitrogens is 1. The number of hydrogen-bond donors (Lipinski definition) is 2. The maximum atomic E-state index is 5.29. The van der Waals surface area contributed by atoms with Crippen molar-refractivity contribution < 1.29 is 4.52 Å². The topological polar surface area (TPSA) is 92.5 Å². The third-order valence-electron chi connectivity index (χ3n) is 2.97. The third-order valence-corrected chi connectivity index (χ3v) is 2.97.